The van der Waals surface area contributed by atoms with Crippen molar-refractivity contribution in [3.8, 4) is 33.4 Å². The Bertz CT molecular complexity index is 3680. The molecule has 0 saturated heterocycles. The molecular formula is C54H30O. The first kappa shape index (κ1) is 29.3. The van der Waals surface area contributed by atoms with Crippen molar-refractivity contribution in [2.45, 2.75) is 0 Å². The largest absolute Gasteiger partial charge is 0.455 e. The lowest BCUT2D eigenvalue weighted by Gasteiger charge is -2.15. The zero-order chi connectivity index (χ0) is 35.8. The number of hydrogen-bond donors (Lipinski definition) is 0. The first-order valence-corrected chi connectivity index (χ1v) is 19.1. The zero-order valence-corrected chi connectivity index (χ0v) is 29.7. The molecule has 0 atom stereocenters. The second-order valence-electron chi connectivity index (χ2n) is 15.2. The molecule has 1 aromatic heterocycles. The van der Waals surface area contributed by atoms with E-state index in [9.17, 15) is 0 Å². The van der Waals surface area contributed by atoms with Crippen LogP contribution in [0.25, 0.3) is 131 Å². The Morgan fingerprint density at radius 2 is 0.727 bits per heavy atom. The molecule has 0 N–H and O–H groups in total. The second-order valence-corrected chi connectivity index (χ2v) is 15.2. The van der Waals surface area contributed by atoms with Crippen LogP contribution in [-0.4, -0.2) is 0 Å². The average Bonchev–Trinajstić information content (AvgIpc) is 3.62. The van der Waals surface area contributed by atoms with Gasteiger partial charge < -0.3 is 4.42 Å². The van der Waals surface area contributed by atoms with Gasteiger partial charge in [-0.2, -0.15) is 0 Å². The number of fused-ring (bicyclic) bond motifs is 4. The fraction of sp³-hybridized carbons (Fsp3) is 0. The Labute approximate surface area is 315 Å². The molecule has 1 nitrogen and oxygen atoms in total. The average molecular weight is 695 g/mol. The summed E-state index contributed by atoms with van der Waals surface area (Å²) in [6.07, 6.45) is 0. The van der Waals surface area contributed by atoms with Crippen LogP contribution in [0.2, 0.25) is 0 Å². The van der Waals surface area contributed by atoms with Crippen LogP contribution >= 0.6 is 0 Å². The normalized spacial score (nSPS) is 12.4. The summed E-state index contributed by atoms with van der Waals surface area (Å²) >= 11 is 0. The molecular weight excluding hydrogens is 665 g/mol. The Kier molecular flexibility index (Phi) is 5.69. The maximum atomic E-state index is 6.89. The van der Waals surface area contributed by atoms with Crippen molar-refractivity contribution < 1.29 is 4.42 Å². The minimum atomic E-state index is 0.894. The van der Waals surface area contributed by atoms with Crippen molar-refractivity contribution in [2.24, 2.45) is 0 Å². The van der Waals surface area contributed by atoms with E-state index < -0.39 is 0 Å². The monoisotopic (exact) mass is 694 g/mol. The summed E-state index contributed by atoms with van der Waals surface area (Å²) in [5, 5.41) is 20.2. The van der Waals surface area contributed by atoms with Crippen molar-refractivity contribution >= 4 is 97.3 Å². The highest BCUT2D eigenvalue weighted by Crippen LogP contribution is 2.46. The van der Waals surface area contributed by atoms with Gasteiger partial charge in [-0.1, -0.05) is 152 Å². The third kappa shape index (κ3) is 4.07. The molecule has 1 heterocycles. The van der Waals surface area contributed by atoms with Crippen LogP contribution in [0.3, 0.4) is 0 Å². The lowest BCUT2D eigenvalue weighted by atomic mass is 9.88. The van der Waals surface area contributed by atoms with Crippen LogP contribution in [0.4, 0.5) is 0 Å². The maximum Gasteiger partial charge on any atom is 0.143 e. The zero-order valence-electron chi connectivity index (χ0n) is 29.7. The van der Waals surface area contributed by atoms with Crippen molar-refractivity contribution in [1.29, 1.82) is 0 Å². The van der Waals surface area contributed by atoms with E-state index in [0.29, 0.717) is 0 Å². The molecule has 0 saturated carbocycles. The van der Waals surface area contributed by atoms with Gasteiger partial charge in [0.1, 0.15) is 11.2 Å². The summed E-state index contributed by atoms with van der Waals surface area (Å²) in [5.74, 6) is 0. The number of hydrogen-bond acceptors (Lipinski definition) is 1. The van der Waals surface area contributed by atoms with E-state index in [1.165, 1.54) is 97.7 Å². The molecule has 0 spiro atoms. The van der Waals surface area contributed by atoms with Gasteiger partial charge in [-0.3, -0.25) is 0 Å². The molecule has 13 rings (SSSR count). The van der Waals surface area contributed by atoms with Crippen molar-refractivity contribution in [3.63, 3.8) is 0 Å². The van der Waals surface area contributed by atoms with Crippen molar-refractivity contribution in [1.82, 2.24) is 0 Å². The predicted molar refractivity (Wildman–Crippen MR) is 235 cm³/mol. The summed E-state index contributed by atoms with van der Waals surface area (Å²) in [4.78, 5) is 0. The maximum absolute atomic E-state index is 6.89. The minimum Gasteiger partial charge on any atom is -0.455 e. The van der Waals surface area contributed by atoms with Gasteiger partial charge in [-0.25, -0.2) is 0 Å². The Hall–Kier alpha value is -7.22. The lowest BCUT2D eigenvalue weighted by molar-refractivity contribution is 0.670. The Morgan fingerprint density at radius 1 is 0.255 bits per heavy atom. The van der Waals surface area contributed by atoms with Crippen LogP contribution in [-0.2, 0) is 0 Å². The van der Waals surface area contributed by atoms with E-state index >= 15 is 0 Å². The molecule has 0 aliphatic carbocycles. The summed E-state index contributed by atoms with van der Waals surface area (Å²) in [7, 11) is 0. The Morgan fingerprint density at radius 3 is 1.38 bits per heavy atom. The van der Waals surface area contributed by atoms with Crippen molar-refractivity contribution in [2.75, 3.05) is 0 Å². The summed E-state index contributed by atoms with van der Waals surface area (Å²) < 4.78 is 6.89. The topological polar surface area (TPSA) is 13.1 Å². The van der Waals surface area contributed by atoms with Gasteiger partial charge in [-0.15, -0.1) is 0 Å². The molecule has 0 bridgehead atoms. The van der Waals surface area contributed by atoms with Crippen LogP contribution in [0, 0.1) is 0 Å². The third-order valence-electron chi connectivity index (χ3n) is 12.3. The number of furan rings is 1. The lowest BCUT2D eigenvalue weighted by Crippen LogP contribution is -1.89. The molecule has 0 fully saturated rings. The number of rotatable bonds is 3. The summed E-state index contributed by atoms with van der Waals surface area (Å²) in [5.41, 5.74) is 8.90. The van der Waals surface area contributed by atoms with Gasteiger partial charge in [0, 0.05) is 16.3 Å². The molecule has 0 unspecified atom stereocenters. The Balaban J connectivity index is 1.10. The van der Waals surface area contributed by atoms with Crippen LogP contribution < -0.4 is 0 Å². The molecule has 0 amide bonds. The van der Waals surface area contributed by atoms with Crippen molar-refractivity contribution in [3.05, 3.63) is 182 Å². The van der Waals surface area contributed by atoms with Gasteiger partial charge in [0.25, 0.3) is 0 Å². The van der Waals surface area contributed by atoms with Gasteiger partial charge in [0.15, 0.2) is 0 Å². The molecule has 0 radical (unpaired) electrons. The highest BCUT2D eigenvalue weighted by atomic mass is 16.3. The quantitative estimate of drug-likeness (QED) is 0.168. The van der Waals surface area contributed by atoms with Crippen LogP contribution in [0.15, 0.2) is 186 Å². The molecule has 0 aliphatic rings. The first-order chi connectivity index (χ1) is 27.2. The van der Waals surface area contributed by atoms with Gasteiger partial charge in [0.2, 0.25) is 0 Å². The fourth-order valence-corrected chi connectivity index (χ4v) is 9.75. The molecule has 1 heteroatoms. The summed E-state index contributed by atoms with van der Waals surface area (Å²) in [6.45, 7) is 0. The van der Waals surface area contributed by atoms with E-state index in [1.807, 2.05) is 0 Å². The van der Waals surface area contributed by atoms with Crippen LogP contribution in [0.1, 0.15) is 0 Å². The van der Waals surface area contributed by atoms with Crippen LogP contribution in [0.5, 0.6) is 0 Å². The smallest absolute Gasteiger partial charge is 0.143 e. The van der Waals surface area contributed by atoms with E-state index in [4.69, 9.17) is 4.42 Å². The van der Waals surface area contributed by atoms with Gasteiger partial charge >= 0.3 is 0 Å². The second kappa shape index (κ2) is 10.7. The molecule has 252 valence electrons. The minimum absolute atomic E-state index is 0.894. The highest BCUT2D eigenvalue weighted by molar-refractivity contribution is 6.27. The predicted octanol–water partition coefficient (Wildman–Crippen LogP) is 15.5. The molecule has 0 aliphatic heterocycles. The molecule has 13 aromatic rings. The first-order valence-electron chi connectivity index (χ1n) is 19.1. The van der Waals surface area contributed by atoms with E-state index in [1.54, 1.807) is 0 Å². The standard InChI is InChI=1S/C54H30O/c1-2-6-38-27-39(16-11-31(38)5-1)46-29-41(43-23-18-37-15-13-33-8-4-10-35-20-25-45(43)53(37)51(33)35)30-48-47-28-40(21-26-49(47)55-54(46)48)42-22-17-36-14-12-32-7-3-9-34-19-24-44(42)52(36)50(32)34/h1-30H. The fourth-order valence-electron chi connectivity index (χ4n) is 9.75. The van der Waals surface area contributed by atoms with E-state index in [-0.39, 0.29) is 0 Å². The molecule has 55 heavy (non-hydrogen) atoms. The SMILES string of the molecule is c1ccc2cc(-c3cc(-c4ccc5ccc6cccc7ccc4c5c67)cc4c3oc3ccc(-c5ccc6ccc7cccc8ccc5c6c78)cc34)ccc2c1. The van der Waals surface area contributed by atoms with Gasteiger partial charge in [0.05, 0.1) is 0 Å². The summed E-state index contributed by atoms with van der Waals surface area (Å²) in [6, 6.07) is 67.5. The van der Waals surface area contributed by atoms with E-state index in [0.717, 1.165) is 33.1 Å². The third-order valence-corrected chi connectivity index (χ3v) is 12.3. The molecule has 12 aromatic carbocycles. The van der Waals surface area contributed by atoms with E-state index in [2.05, 4.69) is 182 Å². The van der Waals surface area contributed by atoms with Gasteiger partial charge in [-0.05, 0) is 134 Å². The highest BCUT2D eigenvalue weighted by Gasteiger charge is 2.20. The number of benzene rings is 12.